The number of hydrogen-bond acceptors (Lipinski definition) is 6. The van der Waals surface area contributed by atoms with E-state index in [4.69, 9.17) is 15.2 Å². The van der Waals surface area contributed by atoms with E-state index in [1.54, 1.807) is 13.0 Å². The van der Waals surface area contributed by atoms with Gasteiger partial charge in [-0.05, 0) is 30.7 Å². The van der Waals surface area contributed by atoms with Crippen molar-refractivity contribution in [1.82, 2.24) is 0 Å². The topological polar surface area (TPSA) is 137 Å². The lowest BCUT2D eigenvalue weighted by atomic mass is 10.1. The van der Waals surface area contributed by atoms with Crippen LogP contribution in [0.25, 0.3) is 0 Å². The molecule has 0 saturated carbocycles. The molecule has 0 atom stereocenters. The molecule has 0 aliphatic rings. The Labute approximate surface area is 169 Å². The first-order valence-electron chi connectivity index (χ1n) is 8.68. The van der Waals surface area contributed by atoms with Crippen LogP contribution in [0.5, 0.6) is 11.5 Å². The Balaban J connectivity index is 2.33. The minimum absolute atomic E-state index is 0.0307. The summed E-state index contributed by atoms with van der Waals surface area (Å²) in [6.45, 7) is 1.75. The maximum atomic E-state index is 12.7. The molecule has 0 aliphatic carbocycles. The van der Waals surface area contributed by atoms with Gasteiger partial charge in [0.2, 0.25) is 10.0 Å². The van der Waals surface area contributed by atoms with Gasteiger partial charge in [-0.1, -0.05) is 13.0 Å². The fourth-order valence-electron chi connectivity index (χ4n) is 2.60. The smallest absolute Gasteiger partial charge is 0.255 e. The molecule has 9 nitrogen and oxygen atoms in total. The van der Waals surface area contributed by atoms with E-state index >= 15 is 0 Å². The third kappa shape index (κ3) is 5.61. The average molecular weight is 421 g/mol. The highest BCUT2D eigenvalue weighted by Crippen LogP contribution is 2.33. The monoisotopic (exact) mass is 421 g/mol. The maximum Gasteiger partial charge on any atom is 0.255 e. The second kappa shape index (κ2) is 9.28. The molecule has 29 heavy (non-hydrogen) atoms. The third-order valence-corrected chi connectivity index (χ3v) is 5.40. The lowest BCUT2D eigenvalue weighted by Crippen LogP contribution is -2.19. The summed E-state index contributed by atoms with van der Waals surface area (Å²) < 4.78 is 36.6. The molecule has 0 heterocycles. The van der Waals surface area contributed by atoms with Gasteiger partial charge in [0, 0.05) is 17.3 Å². The average Bonchev–Trinajstić information content (AvgIpc) is 2.67. The molecule has 2 amide bonds. The number of nitrogens with two attached hydrogens (primary N) is 1. The number of hydrogen-bond donors (Lipinski definition) is 3. The van der Waals surface area contributed by atoms with Gasteiger partial charge in [-0.3, -0.25) is 14.3 Å². The Morgan fingerprint density at radius 2 is 1.72 bits per heavy atom. The predicted octanol–water partition coefficient (Wildman–Crippen LogP) is 2.21. The van der Waals surface area contributed by atoms with Crippen LogP contribution in [-0.4, -0.2) is 40.2 Å². The summed E-state index contributed by atoms with van der Waals surface area (Å²) in [5.41, 5.74) is 6.02. The summed E-state index contributed by atoms with van der Waals surface area (Å²) in [6.07, 6.45) is 0.463. The van der Waals surface area contributed by atoms with E-state index in [-0.39, 0.29) is 34.0 Å². The molecule has 0 spiro atoms. The first-order chi connectivity index (χ1) is 13.7. The zero-order chi connectivity index (χ0) is 21.6. The van der Waals surface area contributed by atoms with Gasteiger partial charge in [0.05, 0.1) is 31.2 Å². The molecule has 0 unspecified atom stereocenters. The predicted molar refractivity (Wildman–Crippen MR) is 110 cm³/mol. The van der Waals surface area contributed by atoms with Crippen LogP contribution in [0.4, 0.5) is 11.4 Å². The maximum absolute atomic E-state index is 12.7. The number of primary amides is 1. The summed E-state index contributed by atoms with van der Waals surface area (Å²) in [5.74, 6) is -0.768. The number of carbonyl (C=O) groups excluding carboxylic acids is 2. The van der Waals surface area contributed by atoms with Gasteiger partial charge in [0.15, 0.2) is 11.5 Å². The molecule has 0 bridgehead atoms. The van der Waals surface area contributed by atoms with Gasteiger partial charge in [-0.2, -0.15) is 0 Å². The number of ether oxygens (including phenoxy) is 2. The van der Waals surface area contributed by atoms with Crippen LogP contribution in [0.2, 0.25) is 0 Å². The summed E-state index contributed by atoms with van der Waals surface area (Å²) in [5, 5.41) is 2.60. The molecule has 0 saturated heterocycles. The fraction of sp³-hybridized carbons (Fsp3) is 0.263. The Bertz CT molecular complexity index is 1020. The van der Waals surface area contributed by atoms with E-state index in [1.807, 2.05) is 0 Å². The van der Waals surface area contributed by atoms with Crippen molar-refractivity contribution in [3.8, 4) is 11.5 Å². The van der Waals surface area contributed by atoms with E-state index in [1.165, 1.54) is 44.6 Å². The van der Waals surface area contributed by atoms with Gasteiger partial charge < -0.3 is 20.5 Å². The molecule has 2 aromatic carbocycles. The molecule has 156 valence electrons. The number of amides is 2. The zero-order valence-electron chi connectivity index (χ0n) is 16.3. The molecule has 2 aromatic rings. The molecule has 0 aromatic heterocycles. The highest BCUT2D eigenvalue weighted by atomic mass is 32.2. The standard InChI is InChI=1S/C19H23N3O6S/c1-4-8-29(25,26)22-13-7-5-6-12(9-13)19(24)21-15-11-17(28-3)16(27-2)10-14(15)18(20)23/h5-7,9-11,22H,4,8H2,1-3H3,(H2,20,23)(H,21,24). The molecule has 2 rings (SSSR count). The minimum atomic E-state index is -3.49. The number of methoxy groups -OCH3 is 2. The van der Waals surface area contributed by atoms with Crippen molar-refractivity contribution in [2.24, 2.45) is 5.73 Å². The van der Waals surface area contributed by atoms with Crippen molar-refractivity contribution < 1.29 is 27.5 Å². The quantitative estimate of drug-likeness (QED) is 0.568. The van der Waals surface area contributed by atoms with Crippen molar-refractivity contribution in [3.05, 3.63) is 47.5 Å². The Kier molecular flexibility index (Phi) is 7.05. The van der Waals surface area contributed by atoms with Crippen molar-refractivity contribution >= 4 is 33.2 Å². The fourth-order valence-corrected chi connectivity index (χ4v) is 3.73. The molecule has 0 fully saturated rings. The van der Waals surface area contributed by atoms with Gasteiger partial charge >= 0.3 is 0 Å². The van der Waals surface area contributed by atoms with Crippen LogP contribution >= 0.6 is 0 Å². The highest BCUT2D eigenvalue weighted by molar-refractivity contribution is 7.92. The minimum Gasteiger partial charge on any atom is -0.493 e. The summed E-state index contributed by atoms with van der Waals surface area (Å²) >= 11 is 0. The van der Waals surface area contributed by atoms with Gasteiger partial charge in [-0.15, -0.1) is 0 Å². The molecule has 0 radical (unpaired) electrons. The van der Waals surface area contributed by atoms with Crippen LogP contribution in [0.1, 0.15) is 34.1 Å². The summed E-state index contributed by atoms with van der Waals surface area (Å²) in [7, 11) is -0.669. The Morgan fingerprint density at radius 1 is 1.07 bits per heavy atom. The number of nitrogens with one attached hydrogen (secondary N) is 2. The second-order valence-corrected chi connectivity index (χ2v) is 7.91. The number of sulfonamides is 1. The second-order valence-electron chi connectivity index (χ2n) is 6.07. The number of benzene rings is 2. The highest BCUT2D eigenvalue weighted by Gasteiger charge is 2.18. The van der Waals surface area contributed by atoms with Crippen molar-refractivity contribution in [2.45, 2.75) is 13.3 Å². The molecular formula is C19H23N3O6S. The van der Waals surface area contributed by atoms with E-state index in [0.717, 1.165) is 0 Å². The van der Waals surface area contributed by atoms with E-state index < -0.39 is 21.8 Å². The van der Waals surface area contributed by atoms with Crippen molar-refractivity contribution in [3.63, 3.8) is 0 Å². The SMILES string of the molecule is CCCS(=O)(=O)Nc1cccc(C(=O)Nc2cc(OC)c(OC)cc2C(N)=O)c1. The molecular weight excluding hydrogens is 398 g/mol. The first-order valence-corrected chi connectivity index (χ1v) is 10.3. The van der Waals surface area contributed by atoms with Gasteiger partial charge in [0.1, 0.15) is 0 Å². The van der Waals surface area contributed by atoms with E-state index in [9.17, 15) is 18.0 Å². The zero-order valence-corrected chi connectivity index (χ0v) is 17.1. The van der Waals surface area contributed by atoms with Crippen LogP contribution in [0, 0.1) is 0 Å². The van der Waals surface area contributed by atoms with E-state index in [0.29, 0.717) is 12.2 Å². The third-order valence-electron chi connectivity index (χ3n) is 3.91. The Hall–Kier alpha value is -3.27. The van der Waals surface area contributed by atoms with Gasteiger partial charge in [-0.25, -0.2) is 8.42 Å². The van der Waals surface area contributed by atoms with Crippen LogP contribution < -0.4 is 25.2 Å². The first kappa shape index (κ1) is 22.0. The normalized spacial score (nSPS) is 10.9. The Morgan fingerprint density at radius 3 is 2.31 bits per heavy atom. The lowest BCUT2D eigenvalue weighted by Gasteiger charge is -2.14. The van der Waals surface area contributed by atoms with Crippen LogP contribution in [-0.2, 0) is 10.0 Å². The largest absolute Gasteiger partial charge is 0.493 e. The molecule has 4 N–H and O–H groups in total. The number of carbonyl (C=O) groups is 2. The molecule has 10 heteroatoms. The summed E-state index contributed by atoms with van der Waals surface area (Å²) in [6, 6.07) is 8.78. The summed E-state index contributed by atoms with van der Waals surface area (Å²) in [4.78, 5) is 24.5. The van der Waals surface area contributed by atoms with Gasteiger partial charge in [0.25, 0.3) is 11.8 Å². The van der Waals surface area contributed by atoms with Crippen LogP contribution in [0.3, 0.4) is 0 Å². The lowest BCUT2D eigenvalue weighted by molar-refractivity contribution is 0.100. The number of rotatable bonds is 9. The number of anilines is 2. The van der Waals surface area contributed by atoms with Crippen LogP contribution in [0.15, 0.2) is 36.4 Å². The van der Waals surface area contributed by atoms with E-state index in [2.05, 4.69) is 10.0 Å². The van der Waals surface area contributed by atoms with Crippen molar-refractivity contribution in [2.75, 3.05) is 30.0 Å². The molecule has 0 aliphatic heterocycles. The van der Waals surface area contributed by atoms with Crippen molar-refractivity contribution in [1.29, 1.82) is 0 Å².